The zero-order valence-corrected chi connectivity index (χ0v) is 11.9. The first-order chi connectivity index (χ1) is 7.63. The normalized spacial score (nSPS) is 15.1. The van der Waals surface area contributed by atoms with Crippen LogP contribution in [0.3, 0.4) is 0 Å². The predicted molar refractivity (Wildman–Crippen MR) is 72.1 cm³/mol. The van der Waals surface area contributed by atoms with E-state index in [1.165, 1.54) is 28.4 Å². The van der Waals surface area contributed by atoms with Gasteiger partial charge in [-0.05, 0) is 32.7 Å². The molecule has 1 N–H and O–H groups in total. The fourth-order valence-electron chi connectivity index (χ4n) is 2.18. The van der Waals surface area contributed by atoms with Crippen LogP contribution in [0.5, 0.6) is 0 Å². The first-order valence-electron chi connectivity index (χ1n) is 6.27. The van der Waals surface area contributed by atoms with Gasteiger partial charge < -0.3 is 5.32 Å². The Labute approximate surface area is 103 Å². The van der Waals surface area contributed by atoms with Crippen molar-refractivity contribution in [3.05, 3.63) is 15.6 Å². The van der Waals surface area contributed by atoms with Crippen molar-refractivity contribution in [2.75, 3.05) is 7.05 Å². The smallest absolute Gasteiger partial charge is 0.110 e. The maximum Gasteiger partial charge on any atom is 0.110 e. The standard InChI is InChI=1S/C13H24N2S/c1-6-8-9(3)12(14-5)13-15-11(7-2)10(4)16-13/h9,12,14H,6-8H2,1-5H3. The molecule has 16 heavy (non-hydrogen) atoms. The second-order valence-corrected chi connectivity index (χ2v) is 5.68. The Kier molecular flexibility index (Phi) is 5.42. The van der Waals surface area contributed by atoms with E-state index in [0.717, 1.165) is 6.42 Å². The minimum Gasteiger partial charge on any atom is -0.311 e. The molecule has 0 fully saturated rings. The summed E-state index contributed by atoms with van der Waals surface area (Å²) in [7, 11) is 2.04. The maximum atomic E-state index is 4.76. The third kappa shape index (κ3) is 3.05. The molecular weight excluding hydrogens is 216 g/mol. The summed E-state index contributed by atoms with van der Waals surface area (Å²) in [5.41, 5.74) is 1.27. The van der Waals surface area contributed by atoms with Crippen LogP contribution in [0, 0.1) is 12.8 Å². The Morgan fingerprint density at radius 2 is 2.06 bits per heavy atom. The summed E-state index contributed by atoms with van der Waals surface area (Å²) in [6.07, 6.45) is 3.54. The van der Waals surface area contributed by atoms with Gasteiger partial charge in [-0.1, -0.05) is 27.2 Å². The zero-order valence-electron chi connectivity index (χ0n) is 11.1. The van der Waals surface area contributed by atoms with Crippen LogP contribution in [-0.4, -0.2) is 12.0 Å². The summed E-state index contributed by atoms with van der Waals surface area (Å²) >= 11 is 1.85. The van der Waals surface area contributed by atoms with Gasteiger partial charge in [0.1, 0.15) is 5.01 Å². The Balaban J connectivity index is 2.85. The number of thiazole rings is 1. The van der Waals surface area contributed by atoms with Gasteiger partial charge in [0.25, 0.3) is 0 Å². The predicted octanol–water partition coefficient (Wildman–Crippen LogP) is 3.71. The monoisotopic (exact) mass is 240 g/mol. The van der Waals surface area contributed by atoms with Crippen LogP contribution < -0.4 is 5.32 Å². The summed E-state index contributed by atoms with van der Waals surface area (Å²) < 4.78 is 0. The molecule has 2 nitrogen and oxygen atoms in total. The lowest BCUT2D eigenvalue weighted by Gasteiger charge is -2.20. The van der Waals surface area contributed by atoms with Gasteiger partial charge in [0.05, 0.1) is 11.7 Å². The fraction of sp³-hybridized carbons (Fsp3) is 0.769. The van der Waals surface area contributed by atoms with E-state index in [-0.39, 0.29) is 0 Å². The molecule has 2 atom stereocenters. The molecule has 0 aliphatic rings. The Morgan fingerprint density at radius 1 is 1.38 bits per heavy atom. The van der Waals surface area contributed by atoms with Crippen molar-refractivity contribution in [2.24, 2.45) is 5.92 Å². The van der Waals surface area contributed by atoms with Crippen molar-refractivity contribution >= 4 is 11.3 Å². The van der Waals surface area contributed by atoms with E-state index < -0.39 is 0 Å². The summed E-state index contributed by atoms with van der Waals surface area (Å²) in [6, 6.07) is 0.420. The Morgan fingerprint density at radius 3 is 2.50 bits per heavy atom. The molecule has 0 aliphatic heterocycles. The molecule has 0 radical (unpaired) electrons. The number of hydrogen-bond donors (Lipinski definition) is 1. The maximum absolute atomic E-state index is 4.76. The molecule has 0 saturated carbocycles. The topological polar surface area (TPSA) is 24.9 Å². The molecule has 2 unspecified atom stereocenters. The highest BCUT2D eigenvalue weighted by Gasteiger charge is 2.21. The number of hydrogen-bond acceptors (Lipinski definition) is 3. The Hall–Kier alpha value is -0.410. The van der Waals surface area contributed by atoms with Gasteiger partial charge in [-0.15, -0.1) is 11.3 Å². The van der Waals surface area contributed by atoms with Crippen molar-refractivity contribution in [3.8, 4) is 0 Å². The van der Waals surface area contributed by atoms with E-state index in [4.69, 9.17) is 4.98 Å². The zero-order chi connectivity index (χ0) is 12.1. The van der Waals surface area contributed by atoms with Gasteiger partial charge >= 0.3 is 0 Å². The molecule has 1 heterocycles. The van der Waals surface area contributed by atoms with E-state index in [2.05, 4.69) is 33.0 Å². The number of nitrogens with zero attached hydrogens (tertiary/aromatic N) is 1. The van der Waals surface area contributed by atoms with Crippen molar-refractivity contribution in [3.63, 3.8) is 0 Å². The van der Waals surface area contributed by atoms with Crippen LogP contribution in [0.1, 0.15) is 55.2 Å². The first-order valence-corrected chi connectivity index (χ1v) is 7.09. The van der Waals surface area contributed by atoms with Crippen LogP contribution in [0.4, 0.5) is 0 Å². The molecule has 1 aromatic rings. The molecule has 0 aliphatic carbocycles. The van der Waals surface area contributed by atoms with Crippen molar-refractivity contribution in [1.82, 2.24) is 10.3 Å². The van der Waals surface area contributed by atoms with E-state index in [0.29, 0.717) is 12.0 Å². The number of rotatable bonds is 6. The van der Waals surface area contributed by atoms with Crippen molar-refractivity contribution < 1.29 is 0 Å². The summed E-state index contributed by atoms with van der Waals surface area (Å²) in [5.74, 6) is 0.658. The van der Waals surface area contributed by atoms with E-state index in [9.17, 15) is 0 Å². The lowest BCUT2D eigenvalue weighted by atomic mass is 9.97. The van der Waals surface area contributed by atoms with E-state index >= 15 is 0 Å². The Bertz CT molecular complexity index is 320. The summed E-state index contributed by atoms with van der Waals surface area (Å²) in [5, 5.41) is 4.68. The number of aryl methyl sites for hydroxylation is 2. The van der Waals surface area contributed by atoms with Crippen LogP contribution >= 0.6 is 11.3 Å². The molecule has 1 aromatic heterocycles. The second kappa shape index (κ2) is 6.36. The fourth-order valence-corrected chi connectivity index (χ4v) is 3.44. The van der Waals surface area contributed by atoms with Gasteiger partial charge in [-0.25, -0.2) is 4.98 Å². The number of nitrogens with one attached hydrogen (secondary N) is 1. The van der Waals surface area contributed by atoms with Crippen LogP contribution in [-0.2, 0) is 6.42 Å². The quantitative estimate of drug-likeness (QED) is 0.820. The molecule has 0 aromatic carbocycles. The highest BCUT2D eigenvalue weighted by molar-refractivity contribution is 7.11. The molecular formula is C13H24N2S. The average Bonchev–Trinajstić information content (AvgIpc) is 2.61. The van der Waals surface area contributed by atoms with Crippen molar-refractivity contribution in [2.45, 2.75) is 53.0 Å². The minimum absolute atomic E-state index is 0.420. The van der Waals surface area contributed by atoms with Crippen LogP contribution in [0.25, 0.3) is 0 Å². The van der Waals surface area contributed by atoms with Gasteiger partial charge in [-0.3, -0.25) is 0 Å². The lowest BCUT2D eigenvalue weighted by Crippen LogP contribution is -2.23. The third-order valence-corrected chi connectivity index (χ3v) is 4.23. The van der Waals surface area contributed by atoms with E-state index in [1.807, 2.05) is 18.4 Å². The molecule has 3 heteroatoms. The highest BCUT2D eigenvalue weighted by atomic mass is 32.1. The molecule has 0 amide bonds. The van der Waals surface area contributed by atoms with Crippen molar-refractivity contribution in [1.29, 1.82) is 0 Å². The summed E-state index contributed by atoms with van der Waals surface area (Å²) in [4.78, 5) is 6.14. The molecule has 0 saturated heterocycles. The molecule has 92 valence electrons. The van der Waals surface area contributed by atoms with E-state index in [1.54, 1.807) is 0 Å². The highest BCUT2D eigenvalue weighted by Crippen LogP contribution is 2.30. The molecule has 0 bridgehead atoms. The lowest BCUT2D eigenvalue weighted by molar-refractivity contribution is 0.382. The van der Waals surface area contributed by atoms with Gasteiger partial charge in [0.2, 0.25) is 0 Å². The largest absolute Gasteiger partial charge is 0.311 e. The number of aromatic nitrogens is 1. The average molecular weight is 240 g/mol. The van der Waals surface area contributed by atoms with Crippen LogP contribution in [0.15, 0.2) is 0 Å². The van der Waals surface area contributed by atoms with Crippen LogP contribution in [0.2, 0.25) is 0 Å². The summed E-state index contributed by atoms with van der Waals surface area (Å²) in [6.45, 7) is 8.91. The van der Waals surface area contributed by atoms with Gasteiger partial charge in [0, 0.05) is 4.88 Å². The SMILES string of the molecule is CCCC(C)C(NC)c1nc(CC)c(C)s1. The van der Waals surface area contributed by atoms with Gasteiger partial charge in [-0.2, -0.15) is 0 Å². The second-order valence-electron chi connectivity index (χ2n) is 4.44. The molecule has 1 rings (SSSR count). The van der Waals surface area contributed by atoms with Gasteiger partial charge in [0.15, 0.2) is 0 Å². The minimum atomic E-state index is 0.420. The first kappa shape index (κ1) is 13.7. The third-order valence-electron chi connectivity index (χ3n) is 3.13. The molecule has 0 spiro atoms.